The van der Waals surface area contributed by atoms with Gasteiger partial charge in [0.05, 0.1) is 17.7 Å². The van der Waals surface area contributed by atoms with E-state index in [0.29, 0.717) is 17.9 Å². The molecule has 0 bridgehead atoms. The third-order valence-electron chi connectivity index (χ3n) is 6.03. The quantitative estimate of drug-likeness (QED) is 0.336. The average molecular weight is 593 g/mol. The zero-order valence-electron chi connectivity index (χ0n) is 22.1. The van der Waals surface area contributed by atoms with Gasteiger partial charge in [0.15, 0.2) is 0 Å². The molecule has 0 spiro atoms. The van der Waals surface area contributed by atoms with Gasteiger partial charge in [0.2, 0.25) is 11.8 Å². The highest BCUT2D eigenvalue weighted by atomic mass is 35.5. The maximum absolute atomic E-state index is 13.9. The van der Waals surface area contributed by atoms with Gasteiger partial charge in [-0.1, -0.05) is 53.0 Å². The van der Waals surface area contributed by atoms with E-state index in [2.05, 4.69) is 5.32 Å². The van der Waals surface area contributed by atoms with Crippen LogP contribution in [-0.2, 0) is 26.2 Å². The molecule has 1 atom stereocenters. The maximum Gasteiger partial charge on any atom is 0.264 e. The molecule has 0 saturated heterocycles. The van der Waals surface area contributed by atoms with E-state index < -0.39 is 28.5 Å². The molecule has 0 saturated carbocycles. The van der Waals surface area contributed by atoms with Crippen LogP contribution < -0.4 is 14.4 Å². The van der Waals surface area contributed by atoms with Gasteiger partial charge in [-0.05, 0) is 68.8 Å². The van der Waals surface area contributed by atoms with Crippen molar-refractivity contribution in [3.8, 4) is 5.75 Å². The lowest BCUT2D eigenvalue weighted by molar-refractivity contribution is -0.139. The van der Waals surface area contributed by atoms with Crippen LogP contribution in [0.4, 0.5) is 5.69 Å². The van der Waals surface area contributed by atoms with Crippen LogP contribution in [0.2, 0.25) is 10.0 Å². The van der Waals surface area contributed by atoms with Crippen LogP contribution in [0.25, 0.3) is 0 Å². The summed E-state index contributed by atoms with van der Waals surface area (Å²) in [5, 5.41) is 3.14. The number of methoxy groups -OCH3 is 1. The first-order chi connectivity index (χ1) is 18.5. The number of aryl methyl sites for hydroxylation is 1. The molecule has 2 amide bonds. The van der Waals surface area contributed by atoms with E-state index in [1.54, 1.807) is 50.2 Å². The molecular weight excluding hydrogens is 561 g/mol. The Morgan fingerprint density at radius 1 is 1.00 bits per heavy atom. The summed E-state index contributed by atoms with van der Waals surface area (Å²) in [7, 11) is -2.69. The largest absolute Gasteiger partial charge is 0.497 e. The molecule has 0 aliphatic rings. The summed E-state index contributed by atoms with van der Waals surface area (Å²) in [6, 6.07) is 16.8. The Hall–Kier alpha value is -3.27. The van der Waals surface area contributed by atoms with E-state index in [-0.39, 0.29) is 33.1 Å². The number of nitrogens with one attached hydrogen (secondary N) is 1. The zero-order chi connectivity index (χ0) is 28.7. The number of amides is 2. The second-order valence-corrected chi connectivity index (χ2v) is 11.6. The van der Waals surface area contributed by atoms with Gasteiger partial charge in [0.25, 0.3) is 10.0 Å². The zero-order valence-corrected chi connectivity index (χ0v) is 24.5. The van der Waals surface area contributed by atoms with Gasteiger partial charge in [-0.15, -0.1) is 0 Å². The molecule has 11 heteroatoms. The number of halogens is 2. The smallest absolute Gasteiger partial charge is 0.264 e. The van der Waals surface area contributed by atoms with Crippen LogP contribution in [0.1, 0.15) is 25.0 Å². The van der Waals surface area contributed by atoms with Crippen molar-refractivity contribution in [1.82, 2.24) is 10.2 Å². The van der Waals surface area contributed by atoms with Crippen molar-refractivity contribution >= 4 is 50.7 Å². The lowest BCUT2D eigenvalue weighted by atomic mass is 10.1. The number of carbonyl (C=O) groups excluding carboxylic acids is 2. The van der Waals surface area contributed by atoms with Crippen LogP contribution in [-0.4, -0.2) is 51.4 Å². The van der Waals surface area contributed by atoms with Gasteiger partial charge >= 0.3 is 0 Å². The van der Waals surface area contributed by atoms with E-state index in [9.17, 15) is 18.0 Å². The number of nitrogens with zero attached hydrogens (tertiary/aromatic N) is 2. The molecule has 0 fully saturated rings. The van der Waals surface area contributed by atoms with Crippen molar-refractivity contribution in [2.24, 2.45) is 0 Å². The Bertz CT molecular complexity index is 1410. The van der Waals surface area contributed by atoms with Crippen molar-refractivity contribution in [3.63, 3.8) is 0 Å². The molecule has 3 aromatic rings. The summed E-state index contributed by atoms with van der Waals surface area (Å²) < 4.78 is 33.9. The molecule has 0 heterocycles. The first-order valence-electron chi connectivity index (χ1n) is 12.2. The summed E-state index contributed by atoms with van der Waals surface area (Å²) in [5.41, 5.74) is 1.70. The number of carbonyl (C=O) groups is 2. The van der Waals surface area contributed by atoms with Gasteiger partial charge in [-0.2, -0.15) is 0 Å². The third kappa shape index (κ3) is 7.65. The molecular formula is C28H31Cl2N3O5S. The highest BCUT2D eigenvalue weighted by Gasteiger charge is 2.32. The van der Waals surface area contributed by atoms with Crippen molar-refractivity contribution < 1.29 is 22.7 Å². The molecule has 0 aromatic heterocycles. The number of hydrogen-bond acceptors (Lipinski definition) is 5. The molecule has 1 unspecified atom stereocenters. The normalized spacial score (nSPS) is 11.9. The number of likely N-dealkylation sites (N-methyl/N-ethyl adjacent to an activating group) is 1. The van der Waals surface area contributed by atoms with Gasteiger partial charge in [0, 0.05) is 23.1 Å². The Balaban J connectivity index is 2.07. The van der Waals surface area contributed by atoms with E-state index in [4.69, 9.17) is 27.9 Å². The Morgan fingerprint density at radius 2 is 1.64 bits per heavy atom. The number of rotatable bonds is 11. The summed E-state index contributed by atoms with van der Waals surface area (Å²) in [6.45, 7) is 5.03. The van der Waals surface area contributed by atoms with Crippen molar-refractivity contribution in [2.45, 2.75) is 38.3 Å². The highest BCUT2D eigenvalue weighted by molar-refractivity contribution is 7.92. The number of hydrogen-bond donors (Lipinski definition) is 1. The fraction of sp³-hybridized carbons (Fsp3) is 0.286. The number of ether oxygens (including phenoxy) is 1. The van der Waals surface area contributed by atoms with Gasteiger partial charge in [0.1, 0.15) is 18.3 Å². The Morgan fingerprint density at radius 3 is 2.23 bits per heavy atom. The molecule has 0 aliphatic heterocycles. The first-order valence-corrected chi connectivity index (χ1v) is 14.4. The second kappa shape index (κ2) is 13.2. The molecule has 0 radical (unpaired) electrons. The minimum atomic E-state index is -4.22. The standard InChI is InChI=1S/C28H31Cl2N3O5S/c1-5-31-28(35)20(3)32(17-21-7-6-8-25(13-21)38-4)27(34)18-33(24-15-22(29)14-23(30)16-24)39(36,37)26-11-9-19(2)10-12-26/h6-16,20H,5,17-18H2,1-4H3,(H,31,35). The van der Waals surface area contributed by atoms with Gasteiger partial charge in [-0.25, -0.2) is 8.42 Å². The molecule has 208 valence electrons. The molecule has 3 rings (SSSR count). The van der Waals surface area contributed by atoms with Crippen LogP contribution in [0, 0.1) is 6.92 Å². The molecule has 1 N–H and O–H groups in total. The molecule has 39 heavy (non-hydrogen) atoms. The summed E-state index contributed by atoms with van der Waals surface area (Å²) >= 11 is 12.4. The SMILES string of the molecule is CCNC(=O)C(C)N(Cc1cccc(OC)c1)C(=O)CN(c1cc(Cl)cc(Cl)c1)S(=O)(=O)c1ccc(C)cc1. The molecule has 0 aliphatic carbocycles. The average Bonchev–Trinajstić information content (AvgIpc) is 2.89. The number of anilines is 1. The fourth-order valence-electron chi connectivity index (χ4n) is 3.92. The molecule has 3 aromatic carbocycles. The number of sulfonamides is 1. The summed E-state index contributed by atoms with van der Waals surface area (Å²) in [6.07, 6.45) is 0. The summed E-state index contributed by atoms with van der Waals surface area (Å²) in [5.74, 6) is -0.376. The first kappa shape index (κ1) is 30.3. The monoisotopic (exact) mass is 591 g/mol. The second-order valence-electron chi connectivity index (χ2n) is 8.90. The van der Waals surface area contributed by atoms with Crippen molar-refractivity contribution in [3.05, 3.63) is 87.9 Å². The van der Waals surface area contributed by atoms with Crippen LogP contribution in [0.5, 0.6) is 5.75 Å². The highest BCUT2D eigenvalue weighted by Crippen LogP contribution is 2.30. The topological polar surface area (TPSA) is 96.0 Å². The van der Waals surface area contributed by atoms with E-state index in [1.165, 1.54) is 42.3 Å². The minimum Gasteiger partial charge on any atom is -0.497 e. The van der Waals surface area contributed by atoms with Crippen LogP contribution in [0.3, 0.4) is 0 Å². The van der Waals surface area contributed by atoms with Gasteiger partial charge in [-0.3, -0.25) is 13.9 Å². The van der Waals surface area contributed by atoms with Crippen LogP contribution >= 0.6 is 23.2 Å². The lowest BCUT2D eigenvalue weighted by Gasteiger charge is -2.32. The maximum atomic E-state index is 13.9. The number of benzene rings is 3. The Labute approximate surface area is 239 Å². The van der Waals surface area contributed by atoms with Crippen LogP contribution in [0.15, 0.2) is 71.6 Å². The van der Waals surface area contributed by atoms with Crippen molar-refractivity contribution in [2.75, 3.05) is 24.5 Å². The predicted octanol–water partition coefficient (Wildman–Crippen LogP) is 5.06. The summed E-state index contributed by atoms with van der Waals surface area (Å²) in [4.78, 5) is 28.0. The predicted molar refractivity (Wildman–Crippen MR) is 154 cm³/mol. The minimum absolute atomic E-state index is 0.00637. The Kier molecular flexibility index (Phi) is 10.2. The van der Waals surface area contributed by atoms with Gasteiger partial charge < -0.3 is 15.0 Å². The van der Waals surface area contributed by atoms with E-state index in [1.807, 2.05) is 6.92 Å². The lowest BCUT2D eigenvalue weighted by Crippen LogP contribution is -2.51. The van der Waals surface area contributed by atoms with E-state index >= 15 is 0 Å². The van der Waals surface area contributed by atoms with E-state index in [0.717, 1.165) is 9.87 Å². The van der Waals surface area contributed by atoms with Crippen molar-refractivity contribution in [1.29, 1.82) is 0 Å². The molecule has 8 nitrogen and oxygen atoms in total. The fourth-order valence-corrected chi connectivity index (χ4v) is 5.83. The third-order valence-corrected chi connectivity index (χ3v) is 8.25.